The Hall–Kier alpha value is -2.82. The molecule has 0 saturated heterocycles. The molecule has 2 aromatic carbocycles. The lowest BCUT2D eigenvalue weighted by Crippen LogP contribution is -2.38. The lowest BCUT2D eigenvalue weighted by molar-refractivity contribution is 0.0697. The number of benzene rings is 2. The monoisotopic (exact) mass is 340 g/mol. The van der Waals surface area contributed by atoms with Gasteiger partial charge in [-0.15, -0.1) is 0 Å². The molecule has 0 bridgehead atoms. The van der Waals surface area contributed by atoms with Crippen molar-refractivity contribution in [1.82, 2.24) is 10.2 Å². The zero-order valence-electron chi connectivity index (χ0n) is 15.0. The van der Waals surface area contributed by atoms with Crippen molar-refractivity contribution in [2.24, 2.45) is 0 Å². The van der Waals surface area contributed by atoms with Gasteiger partial charge in [0.15, 0.2) is 0 Å². The van der Waals surface area contributed by atoms with E-state index in [2.05, 4.69) is 30.4 Å². The molecule has 5 heteroatoms. The van der Waals surface area contributed by atoms with Crippen LogP contribution >= 0.6 is 0 Å². The first kappa shape index (κ1) is 18.5. The van der Waals surface area contributed by atoms with E-state index in [1.54, 1.807) is 24.1 Å². The molecule has 0 aromatic heterocycles. The van der Waals surface area contributed by atoms with Crippen molar-refractivity contribution < 1.29 is 14.7 Å². The highest BCUT2D eigenvalue weighted by atomic mass is 16.4. The number of nitrogens with zero attached hydrogens (tertiary/aromatic N) is 1. The van der Waals surface area contributed by atoms with Crippen LogP contribution in [0, 0.1) is 13.8 Å². The third-order valence-electron chi connectivity index (χ3n) is 4.42. The Morgan fingerprint density at radius 2 is 1.76 bits per heavy atom. The molecular weight excluding hydrogens is 316 g/mol. The van der Waals surface area contributed by atoms with Gasteiger partial charge in [-0.3, -0.25) is 0 Å². The minimum Gasteiger partial charge on any atom is -0.478 e. The summed E-state index contributed by atoms with van der Waals surface area (Å²) in [6, 6.07) is 12.5. The number of hydrogen-bond donors (Lipinski definition) is 2. The Labute approximate surface area is 148 Å². The number of carboxylic acids is 1. The Morgan fingerprint density at radius 1 is 1.12 bits per heavy atom. The number of urea groups is 1. The molecule has 5 nitrogen and oxygen atoms in total. The maximum Gasteiger partial charge on any atom is 0.335 e. The number of nitrogens with one attached hydrogen (secondary N) is 1. The van der Waals surface area contributed by atoms with Crippen molar-refractivity contribution in [2.45, 2.75) is 33.4 Å². The van der Waals surface area contributed by atoms with Crippen LogP contribution in [0.3, 0.4) is 0 Å². The van der Waals surface area contributed by atoms with Crippen LogP contribution in [0.2, 0.25) is 0 Å². The fraction of sp³-hybridized carbons (Fsp3) is 0.300. The van der Waals surface area contributed by atoms with E-state index in [1.807, 2.05) is 13.8 Å². The van der Waals surface area contributed by atoms with Crippen molar-refractivity contribution in [3.05, 3.63) is 70.3 Å². The van der Waals surface area contributed by atoms with Crippen LogP contribution in [-0.2, 0) is 6.54 Å². The molecule has 2 N–H and O–H groups in total. The van der Waals surface area contributed by atoms with Crippen molar-refractivity contribution in [2.75, 3.05) is 7.05 Å². The first-order valence-corrected chi connectivity index (χ1v) is 8.19. The van der Waals surface area contributed by atoms with Gasteiger partial charge in [0.05, 0.1) is 11.6 Å². The third-order valence-corrected chi connectivity index (χ3v) is 4.42. The third kappa shape index (κ3) is 4.59. The number of carboxylic acid groups (broad SMARTS) is 1. The van der Waals surface area contributed by atoms with Gasteiger partial charge in [-0.2, -0.15) is 0 Å². The lowest BCUT2D eigenvalue weighted by atomic mass is 10.00. The summed E-state index contributed by atoms with van der Waals surface area (Å²) in [5, 5.41) is 11.8. The molecule has 2 aromatic rings. The molecule has 0 aliphatic rings. The van der Waals surface area contributed by atoms with E-state index in [4.69, 9.17) is 5.11 Å². The Morgan fingerprint density at radius 3 is 2.32 bits per heavy atom. The van der Waals surface area contributed by atoms with E-state index in [1.165, 1.54) is 17.7 Å². The van der Waals surface area contributed by atoms with Crippen LogP contribution in [0.15, 0.2) is 42.5 Å². The van der Waals surface area contributed by atoms with Crippen molar-refractivity contribution in [1.29, 1.82) is 0 Å². The molecule has 2 rings (SSSR count). The maximum atomic E-state index is 12.4. The van der Waals surface area contributed by atoms with Crippen molar-refractivity contribution >= 4 is 12.0 Å². The fourth-order valence-electron chi connectivity index (χ4n) is 2.75. The highest BCUT2D eigenvalue weighted by molar-refractivity contribution is 5.87. The smallest absolute Gasteiger partial charge is 0.335 e. The zero-order chi connectivity index (χ0) is 18.6. The summed E-state index contributed by atoms with van der Waals surface area (Å²) < 4.78 is 0. The first-order chi connectivity index (χ1) is 11.8. The van der Waals surface area contributed by atoms with Gasteiger partial charge < -0.3 is 15.3 Å². The van der Waals surface area contributed by atoms with Gasteiger partial charge in [-0.1, -0.05) is 35.9 Å². The molecule has 0 spiro atoms. The molecule has 1 atom stereocenters. The summed E-state index contributed by atoms with van der Waals surface area (Å²) >= 11 is 0. The molecule has 132 valence electrons. The zero-order valence-corrected chi connectivity index (χ0v) is 15.0. The molecular formula is C20H24N2O3. The summed E-state index contributed by atoms with van der Waals surface area (Å²) in [7, 11) is 1.77. The van der Waals surface area contributed by atoms with Crippen LogP contribution in [-0.4, -0.2) is 29.1 Å². The average Bonchev–Trinajstić information content (AvgIpc) is 2.58. The van der Waals surface area contributed by atoms with Crippen LogP contribution < -0.4 is 5.32 Å². The number of rotatable bonds is 5. The highest BCUT2D eigenvalue weighted by Crippen LogP contribution is 2.23. The molecule has 0 aliphatic carbocycles. The minimum atomic E-state index is -0.961. The summed E-state index contributed by atoms with van der Waals surface area (Å²) in [4.78, 5) is 24.9. The number of aryl methyl sites for hydroxylation is 2. The molecule has 0 heterocycles. The number of carbonyl (C=O) groups excluding carboxylic acids is 1. The van der Waals surface area contributed by atoms with E-state index in [0.717, 1.165) is 16.7 Å². The second-order valence-corrected chi connectivity index (χ2v) is 6.31. The molecule has 2 amide bonds. The number of aromatic carboxylic acids is 1. The quantitative estimate of drug-likeness (QED) is 0.867. The van der Waals surface area contributed by atoms with E-state index in [0.29, 0.717) is 6.54 Å². The molecule has 25 heavy (non-hydrogen) atoms. The van der Waals surface area contributed by atoms with Gasteiger partial charge in [-0.25, -0.2) is 9.59 Å². The minimum absolute atomic E-state index is 0.0463. The summed E-state index contributed by atoms with van der Waals surface area (Å²) in [5.41, 5.74) is 4.57. The predicted octanol–water partition coefficient (Wildman–Crippen LogP) is 3.90. The maximum absolute atomic E-state index is 12.4. The second-order valence-electron chi connectivity index (χ2n) is 6.31. The van der Waals surface area contributed by atoms with Crippen molar-refractivity contribution in [3.8, 4) is 0 Å². The standard InChI is InChI=1S/C20H24N2O3/c1-13-5-10-18(14(2)11-13)15(3)22(4)20(25)21-12-16-6-8-17(9-7-16)19(23)24/h5-11,15H,12H2,1-4H3,(H,21,25)(H,23,24). The van der Waals surface area contributed by atoms with E-state index in [-0.39, 0.29) is 17.6 Å². The Kier molecular flexibility index (Phi) is 5.80. The summed E-state index contributed by atoms with van der Waals surface area (Å²) in [5.74, 6) is -0.961. The number of hydrogen-bond acceptors (Lipinski definition) is 2. The highest BCUT2D eigenvalue weighted by Gasteiger charge is 2.18. The van der Waals surface area contributed by atoms with Gasteiger partial charge >= 0.3 is 12.0 Å². The SMILES string of the molecule is Cc1ccc(C(C)N(C)C(=O)NCc2ccc(C(=O)O)cc2)c(C)c1. The number of carbonyl (C=O) groups is 2. The largest absolute Gasteiger partial charge is 0.478 e. The second kappa shape index (κ2) is 7.83. The summed E-state index contributed by atoms with van der Waals surface area (Å²) in [6.07, 6.45) is 0. The first-order valence-electron chi connectivity index (χ1n) is 8.19. The van der Waals surface area contributed by atoms with E-state index in [9.17, 15) is 9.59 Å². The van der Waals surface area contributed by atoms with Crippen molar-refractivity contribution in [3.63, 3.8) is 0 Å². The topological polar surface area (TPSA) is 69.6 Å². The molecule has 0 radical (unpaired) electrons. The van der Waals surface area contributed by atoms with Crippen LogP contribution in [0.5, 0.6) is 0 Å². The van der Waals surface area contributed by atoms with Gasteiger partial charge in [0.1, 0.15) is 0 Å². The normalized spacial score (nSPS) is 11.7. The predicted molar refractivity (Wildman–Crippen MR) is 97.7 cm³/mol. The molecule has 1 unspecified atom stereocenters. The Balaban J connectivity index is 1.98. The van der Waals surface area contributed by atoms with Gasteiger partial charge in [0.25, 0.3) is 0 Å². The lowest BCUT2D eigenvalue weighted by Gasteiger charge is -2.27. The Bertz CT molecular complexity index is 769. The molecule has 0 aliphatic heterocycles. The van der Waals surface area contributed by atoms with Crippen LogP contribution in [0.25, 0.3) is 0 Å². The number of amides is 2. The van der Waals surface area contributed by atoms with Gasteiger partial charge in [0.2, 0.25) is 0 Å². The molecule has 0 fully saturated rings. The van der Waals surface area contributed by atoms with E-state index < -0.39 is 5.97 Å². The van der Waals surface area contributed by atoms with E-state index >= 15 is 0 Å². The summed E-state index contributed by atoms with van der Waals surface area (Å²) in [6.45, 7) is 6.45. The average molecular weight is 340 g/mol. The molecule has 0 saturated carbocycles. The fourth-order valence-corrected chi connectivity index (χ4v) is 2.75. The van der Waals surface area contributed by atoms with Crippen LogP contribution in [0.1, 0.15) is 45.6 Å². The van der Waals surface area contributed by atoms with Crippen LogP contribution in [0.4, 0.5) is 4.79 Å². The van der Waals surface area contributed by atoms with Gasteiger partial charge in [0, 0.05) is 13.6 Å². The van der Waals surface area contributed by atoms with Gasteiger partial charge in [-0.05, 0) is 49.6 Å².